The predicted octanol–water partition coefficient (Wildman–Crippen LogP) is 4.96. The summed E-state index contributed by atoms with van der Waals surface area (Å²) in [6, 6.07) is 15.4. The molecule has 0 radical (unpaired) electrons. The van der Waals surface area contributed by atoms with Gasteiger partial charge in [-0.2, -0.15) is 4.98 Å². The van der Waals surface area contributed by atoms with Crippen LogP contribution in [0.4, 0.5) is 0 Å². The second-order valence-electron chi connectivity index (χ2n) is 7.98. The summed E-state index contributed by atoms with van der Waals surface area (Å²) in [5, 5.41) is 1.25. The van der Waals surface area contributed by atoms with Crippen LogP contribution in [0.2, 0.25) is 5.02 Å². The van der Waals surface area contributed by atoms with Crippen molar-refractivity contribution in [3.63, 3.8) is 0 Å². The van der Waals surface area contributed by atoms with Crippen LogP contribution in [0.5, 0.6) is 11.8 Å². The Hall–Kier alpha value is -2.37. The number of hydrogen-bond acceptors (Lipinski definition) is 4. The SMILES string of the molecule is CC(C)N1CCC[C@H](Cn2c(Oc3ccc(Cl)cc3)nc3ccccc3c2=O)C1. The predicted molar refractivity (Wildman–Crippen MR) is 117 cm³/mol. The zero-order chi connectivity index (χ0) is 20.4. The molecule has 0 N–H and O–H groups in total. The molecular formula is C23H26ClN3O2. The van der Waals surface area contributed by atoms with Gasteiger partial charge in [-0.05, 0) is 75.5 Å². The van der Waals surface area contributed by atoms with Gasteiger partial charge in [-0.3, -0.25) is 9.36 Å². The molecule has 152 valence electrons. The van der Waals surface area contributed by atoms with Crippen LogP contribution in [0, 0.1) is 5.92 Å². The highest BCUT2D eigenvalue weighted by molar-refractivity contribution is 6.30. The van der Waals surface area contributed by atoms with Gasteiger partial charge < -0.3 is 9.64 Å². The first-order valence-corrected chi connectivity index (χ1v) is 10.6. The van der Waals surface area contributed by atoms with Crippen LogP contribution in [0.3, 0.4) is 0 Å². The lowest BCUT2D eigenvalue weighted by atomic mass is 9.97. The summed E-state index contributed by atoms with van der Waals surface area (Å²) in [7, 11) is 0. The molecular weight excluding hydrogens is 386 g/mol. The summed E-state index contributed by atoms with van der Waals surface area (Å²) >= 11 is 5.99. The average molecular weight is 412 g/mol. The molecule has 1 saturated heterocycles. The van der Waals surface area contributed by atoms with Crippen LogP contribution in [0.1, 0.15) is 26.7 Å². The monoisotopic (exact) mass is 411 g/mol. The van der Waals surface area contributed by atoms with Crippen molar-refractivity contribution in [3.8, 4) is 11.8 Å². The molecule has 1 aromatic heterocycles. The molecule has 2 heterocycles. The quantitative estimate of drug-likeness (QED) is 0.595. The molecule has 2 aromatic carbocycles. The summed E-state index contributed by atoms with van der Waals surface area (Å²) in [4.78, 5) is 20.4. The maximum atomic E-state index is 13.3. The largest absolute Gasteiger partial charge is 0.425 e. The molecule has 1 atom stereocenters. The minimum Gasteiger partial charge on any atom is -0.425 e. The average Bonchev–Trinajstić information content (AvgIpc) is 2.73. The number of fused-ring (bicyclic) bond motifs is 1. The van der Waals surface area contributed by atoms with E-state index in [9.17, 15) is 4.79 Å². The van der Waals surface area contributed by atoms with Gasteiger partial charge in [-0.1, -0.05) is 23.7 Å². The van der Waals surface area contributed by atoms with E-state index in [0.29, 0.717) is 46.2 Å². The van der Waals surface area contributed by atoms with E-state index >= 15 is 0 Å². The van der Waals surface area contributed by atoms with Crippen molar-refractivity contribution < 1.29 is 4.74 Å². The fourth-order valence-electron chi connectivity index (χ4n) is 3.97. The molecule has 1 aliphatic heterocycles. The van der Waals surface area contributed by atoms with E-state index < -0.39 is 0 Å². The van der Waals surface area contributed by atoms with E-state index in [4.69, 9.17) is 16.3 Å². The Labute approximate surface area is 175 Å². The topological polar surface area (TPSA) is 47.4 Å². The second-order valence-corrected chi connectivity index (χ2v) is 8.42. The molecule has 5 nitrogen and oxygen atoms in total. The highest BCUT2D eigenvalue weighted by atomic mass is 35.5. The van der Waals surface area contributed by atoms with E-state index in [2.05, 4.69) is 23.7 Å². The molecule has 3 aromatic rings. The number of halogens is 1. The molecule has 6 heteroatoms. The molecule has 0 spiro atoms. The van der Waals surface area contributed by atoms with Crippen LogP contribution < -0.4 is 10.3 Å². The normalized spacial score (nSPS) is 17.7. The number of ether oxygens (including phenoxy) is 1. The van der Waals surface area contributed by atoms with Gasteiger partial charge in [0.2, 0.25) is 0 Å². The molecule has 0 unspecified atom stereocenters. The standard InChI is InChI=1S/C23H26ClN3O2/c1-16(2)26-13-5-6-17(14-26)15-27-22(28)20-7-3-4-8-21(20)25-23(27)29-19-11-9-18(24)10-12-19/h3-4,7-12,16-17H,5-6,13-15H2,1-2H3/t17-/m0/s1. The first-order chi connectivity index (χ1) is 14.0. The van der Waals surface area contributed by atoms with Crippen molar-refractivity contribution >= 4 is 22.5 Å². The number of aromatic nitrogens is 2. The van der Waals surface area contributed by atoms with E-state index in [1.807, 2.05) is 24.3 Å². The van der Waals surface area contributed by atoms with Gasteiger partial charge in [-0.15, -0.1) is 0 Å². The number of nitrogens with zero attached hydrogens (tertiary/aromatic N) is 3. The molecule has 4 rings (SSSR count). The van der Waals surface area contributed by atoms with Crippen LogP contribution >= 0.6 is 11.6 Å². The fourth-order valence-corrected chi connectivity index (χ4v) is 4.09. The summed E-state index contributed by atoms with van der Waals surface area (Å²) < 4.78 is 7.75. The Bertz CT molecular complexity index is 1050. The van der Waals surface area contributed by atoms with Crippen molar-refractivity contribution in [3.05, 3.63) is 63.9 Å². The van der Waals surface area contributed by atoms with Crippen LogP contribution in [-0.2, 0) is 6.54 Å². The third kappa shape index (κ3) is 4.46. The lowest BCUT2D eigenvalue weighted by Gasteiger charge is -2.35. The Balaban J connectivity index is 1.71. The molecule has 1 fully saturated rings. The van der Waals surface area contributed by atoms with Crippen molar-refractivity contribution in [2.24, 2.45) is 5.92 Å². The first kappa shape index (κ1) is 19.9. The van der Waals surface area contributed by atoms with Crippen molar-refractivity contribution in [1.82, 2.24) is 14.5 Å². The molecule has 0 amide bonds. The number of benzene rings is 2. The van der Waals surface area contributed by atoms with Crippen molar-refractivity contribution in [2.75, 3.05) is 13.1 Å². The van der Waals surface area contributed by atoms with Gasteiger partial charge in [0.1, 0.15) is 5.75 Å². The van der Waals surface area contributed by atoms with Gasteiger partial charge in [0.25, 0.3) is 5.56 Å². The lowest BCUT2D eigenvalue weighted by Crippen LogP contribution is -2.42. The maximum absolute atomic E-state index is 13.3. The molecule has 0 aliphatic carbocycles. The highest BCUT2D eigenvalue weighted by Crippen LogP contribution is 2.25. The van der Waals surface area contributed by atoms with Crippen molar-refractivity contribution in [2.45, 2.75) is 39.3 Å². The summed E-state index contributed by atoms with van der Waals surface area (Å²) in [5.74, 6) is 0.997. The summed E-state index contributed by atoms with van der Waals surface area (Å²) in [6.07, 6.45) is 2.24. The maximum Gasteiger partial charge on any atom is 0.305 e. The van der Waals surface area contributed by atoms with Crippen LogP contribution in [0.25, 0.3) is 10.9 Å². The third-order valence-corrected chi connectivity index (χ3v) is 5.82. The highest BCUT2D eigenvalue weighted by Gasteiger charge is 2.24. The minimum atomic E-state index is -0.0544. The van der Waals surface area contributed by atoms with E-state index in [1.54, 1.807) is 28.8 Å². The zero-order valence-electron chi connectivity index (χ0n) is 16.8. The van der Waals surface area contributed by atoms with Gasteiger partial charge in [-0.25, -0.2) is 0 Å². The van der Waals surface area contributed by atoms with E-state index in [0.717, 1.165) is 25.9 Å². The number of piperidine rings is 1. The summed E-state index contributed by atoms with van der Waals surface area (Å²) in [6.45, 7) is 7.15. The number of likely N-dealkylation sites (tertiary alicyclic amines) is 1. The molecule has 0 bridgehead atoms. The Morgan fingerprint density at radius 2 is 1.93 bits per heavy atom. The summed E-state index contributed by atoms with van der Waals surface area (Å²) in [5.41, 5.74) is 0.589. The Kier molecular flexibility index (Phi) is 5.88. The fraction of sp³-hybridized carbons (Fsp3) is 0.391. The Morgan fingerprint density at radius 3 is 2.69 bits per heavy atom. The Morgan fingerprint density at radius 1 is 1.17 bits per heavy atom. The second kappa shape index (κ2) is 8.56. The van der Waals surface area contributed by atoms with Gasteiger partial charge >= 0.3 is 6.01 Å². The molecule has 0 saturated carbocycles. The smallest absolute Gasteiger partial charge is 0.305 e. The minimum absolute atomic E-state index is 0.0544. The lowest BCUT2D eigenvalue weighted by molar-refractivity contribution is 0.128. The van der Waals surface area contributed by atoms with E-state index in [-0.39, 0.29) is 5.56 Å². The number of rotatable bonds is 5. The third-order valence-electron chi connectivity index (χ3n) is 5.57. The van der Waals surface area contributed by atoms with Crippen molar-refractivity contribution in [1.29, 1.82) is 0 Å². The van der Waals surface area contributed by atoms with Gasteiger partial charge in [0.05, 0.1) is 10.9 Å². The first-order valence-electron chi connectivity index (χ1n) is 10.2. The van der Waals surface area contributed by atoms with Gasteiger partial charge in [0, 0.05) is 24.2 Å². The van der Waals surface area contributed by atoms with Crippen LogP contribution in [0.15, 0.2) is 53.3 Å². The molecule has 1 aliphatic rings. The van der Waals surface area contributed by atoms with Gasteiger partial charge in [0.15, 0.2) is 0 Å². The molecule has 29 heavy (non-hydrogen) atoms. The van der Waals surface area contributed by atoms with Crippen LogP contribution in [-0.4, -0.2) is 33.6 Å². The number of para-hydroxylation sites is 1. The zero-order valence-corrected chi connectivity index (χ0v) is 17.6. The number of hydrogen-bond donors (Lipinski definition) is 0. The van der Waals surface area contributed by atoms with E-state index in [1.165, 1.54) is 0 Å².